The number of nitriles is 1. The first-order valence-corrected chi connectivity index (χ1v) is 9.00. The lowest BCUT2D eigenvalue weighted by atomic mass is 10.2. The fourth-order valence-electron chi connectivity index (χ4n) is 2.64. The third-order valence-electron chi connectivity index (χ3n) is 4.10. The Bertz CT molecular complexity index is 1030. The molecule has 0 saturated heterocycles. The second-order valence-electron chi connectivity index (χ2n) is 5.80. The van der Waals surface area contributed by atoms with Crippen molar-refractivity contribution in [2.75, 3.05) is 25.7 Å². The smallest absolute Gasteiger partial charge is 0.342 e. The van der Waals surface area contributed by atoms with Crippen molar-refractivity contribution in [3.63, 3.8) is 0 Å². The summed E-state index contributed by atoms with van der Waals surface area (Å²) in [5, 5.41) is 19.8. The van der Waals surface area contributed by atoms with Crippen LogP contribution in [0.5, 0.6) is 11.5 Å². The number of anilines is 1. The standard InChI is InChI=1S/C20H16N2O5S/c1-22-15-5-3-4-6-18(15)28-19(22)14(10-21)17(24)11-27-20(25)13-8-7-12(26-2)9-16(13)23/h3-9,23H,11H2,1-2H3/b19-14-. The number of para-hydroxylation sites is 1. The Kier molecular flexibility index (Phi) is 5.57. The number of benzene rings is 2. The number of nitrogens with zero attached hydrogens (tertiary/aromatic N) is 2. The fourth-order valence-corrected chi connectivity index (χ4v) is 3.80. The van der Waals surface area contributed by atoms with Crippen molar-refractivity contribution >= 4 is 29.2 Å². The lowest BCUT2D eigenvalue weighted by Gasteiger charge is -2.14. The fraction of sp³-hybridized carbons (Fsp3) is 0.150. The maximum Gasteiger partial charge on any atom is 0.342 e. The summed E-state index contributed by atoms with van der Waals surface area (Å²) in [7, 11) is 3.19. The lowest BCUT2D eigenvalue weighted by molar-refractivity contribution is -0.118. The molecule has 2 aromatic rings. The molecule has 1 aliphatic heterocycles. The minimum absolute atomic E-state index is 0.0875. The van der Waals surface area contributed by atoms with Crippen LogP contribution in [0.25, 0.3) is 0 Å². The van der Waals surface area contributed by atoms with E-state index in [1.54, 1.807) is 11.9 Å². The van der Waals surface area contributed by atoms with E-state index in [4.69, 9.17) is 9.47 Å². The zero-order valence-corrected chi connectivity index (χ0v) is 15.9. The number of rotatable bonds is 5. The molecule has 3 rings (SSSR count). The molecule has 2 aromatic carbocycles. The van der Waals surface area contributed by atoms with Gasteiger partial charge in [-0.3, -0.25) is 4.79 Å². The molecule has 0 bridgehead atoms. The number of ether oxygens (including phenoxy) is 2. The van der Waals surface area contributed by atoms with Crippen molar-refractivity contribution in [3.8, 4) is 17.6 Å². The van der Waals surface area contributed by atoms with E-state index in [2.05, 4.69) is 0 Å². The highest BCUT2D eigenvalue weighted by atomic mass is 32.2. The first kappa shape index (κ1) is 19.3. The molecule has 0 aromatic heterocycles. The molecule has 0 unspecified atom stereocenters. The van der Waals surface area contributed by atoms with Crippen LogP contribution in [0.3, 0.4) is 0 Å². The van der Waals surface area contributed by atoms with Crippen molar-refractivity contribution in [2.24, 2.45) is 0 Å². The number of Topliss-reactive ketones (excluding diaryl/α,β-unsaturated/α-hetero) is 1. The van der Waals surface area contributed by atoms with E-state index in [9.17, 15) is 20.0 Å². The van der Waals surface area contributed by atoms with E-state index in [1.165, 1.54) is 37.1 Å². The number of fused-ring (bicyclic) bond motifs is 1. The molecule has 0 saturated carbocycles. The van der Waals surface area contributed by atoms with Crippen LogP contribution in [0, 0.1) is 11.3 Å². The second-order valence-corrected chi connectivity index (χ2v) is 6.83. The van der Waals surface area contributed by atoms with Crippen LogP contribution in [0.2, 0.25) is 0 Å². The summed E-state index contributed by atoms with van der Waals surface area (Å²) >= 11 is 1.31. The number of phenolic OH excluding ortho intramolecular Hbond substituents is 1. The molecule has 0 amide bonds. The van der Waals surface area contributed by atoms with Crippen molar-refractivity contribution in [1.29, 1.82) is 5.26 Å². The van der Waals surface area contributed by atoms with Crippen molar-refractivity contribution in [1.82, 2.24) is 0 Å². The highest BCUT2D eigenvalue weighted by molar-refractivity contribution is 8.03. The van der Waals surface area contributed by atoms with E-state index in [-0.39, 0.29) is 16.9 Å². The molecule has 1 heterocycles. The number of carbonyl (C=O) groups is 2. The number of methoxy groups -OCH3 is 1. The monoisotopic (exact) mass is 396 g/mol. The van der Waals surface area contributed by atoms with Gasteiger partial charge in [0.15, 0.2) is 6.61 Å². The van der Waals surface area contributed by atoms with Gasteiger partial charge in [0.05, 0.1) is 12.8 Å². The summed E-state index contributed by atoms with van der Waals surface area (Å²) in [6.45, 7) is -0.610. The van der Waals surface area contributed by atoms with E-state index in [0.29, 0.717) is 10.8 Å². The largest absolute Gasteiger partial charge is 0.507 e. The second kappa shape index (κ2) is 8.06. The summed E-state index contributed by atoms with van der Waals surface area (Å²) < 4.78 is 9.95. The van der Waals surface area contributed by atoms with Crippen LogP contribution < -0.4 is 9.64 Å². The Morgan fingerprint density at radius 1 is 1.25 bits per heavy atom. The number of thioether (sulfide) groups is 1. The Labute approximate surface area is 165 Å². The molecular weight excluding hydrogens is 380 g/mol. The van der Waals surface area contributed by atoms with Crippen molar-refractivity contribution in [2.45, 2.75) is 4.90 Å². The quantitative estimate of drug-likeness (QED) is 0.468. The molecule has 142 valence electrons. The molecular formula is C20H16N2O5S. The molecule has 1 aliphatic rings. The van der Waals surface area contributed by atoms with Gasteiger partial charge in [0, 0.05) is 18.0 Å². The van der Waals surface area contributed by atoms with Crippen molar-refractivity contribution in [3.05, 3.63) is 58.6 Å². The van der Waals surface area contributed by atoms with Gasteiger partial charge >= 0.3 is 5.97 Å². The van der Waals surface area contributed by atoms with Crippen LogP contribution in [-0.4, -0.2) is 37.6 Å². The number of phenols is 1. The first-order valence-electron chi connectivity index (χ1n) is 8.18. The zero-order valence-electron chi connectivity index (χ0n) is 15.1. The van der Waals surface area contributed by atoms with Crippen LogP contribution in [-0.2, 0) is 9.53 Å². The maximum atomic E-state index is 12.5. The molecule has 28 heavy (non-hydrogen) atoms. The van der Waals surface area contributed by atoms with Crippen LogP contribution in [0.15, 0.2) is 58.0 Å². The zero-order chi connectivity index (χ0) is 20.3. The Hall–Kier alpha value is -3.44. The number of esters is 1. The van der Waals surface area contributed by atoms with Gasteiger partial charge in [-0.15, -0.1) is 0 Å². The maximum absolute atomic E-state index is 12.5. The third kappa shape index (κ3) is 3.66. The van der Waals surface area contributed by atoms with Crippen LogP contribution >= 0.6 is 11.8 Å². The molecule has 0 fully saturated rings. The van der Waals surface area contributed by atoms with Gasteiger partial charge in [-0.25, -0.2) is 4.79 Å². The van der Waals surface area contributed by atoms with E-state index in [1.807, 2.05) is 30.3 Å². The van der Waals surface area contributed by atoms with Gasteiger partial charge in [0.2, 0.25) is 5.78 Å². The third-order valence-corrected chi connectivity index (χ3v) is 5.34. The number of aromatic hydroxyl groups is 1. The van der Waals surface area contributed by atoms with E-state index >= 15 is 0 Å². The Morgan fingerprint density at radius 2 is 2.00 bits per heavy atom. The molecule has 1 N–H and O–H groups in total. The highest BCUT2D eigenvalue weighted by Gasteiger charge is 2.28. The number of hydrogen-bond donors (Lipinski definition) is 1. The number of hydrogen-bond acceptors (Lipinski definition) is 8. The molecule has 0 aliphatic carbocycles. The van der Waals surface area contributed by atoms with Crippen LogP contribution in [0.1, 0.15) is 10.4 Å². The van der Waals surface area contributed by atoms with Gasteiger partial charge in [-0.1, -0.05) is 23.9 Å². The van der Waals surface area contributed by atoms with E-state index < -0.39 is 18.4 Å². The Morgan fingerprint density at radius 3 is 2.64 bits per heavy atom. The first-order chi connectivity index (χ1) is 13.5. The topological polar surface area (TPSA) is 99.9 Å². The molecule has 8 heteroatoms. The Balaban J connectivity index is 1.74. The number of carbonyl (C=O) groups excluding carboxylic acids is 2. The molecule has 7 nitrogen and oxygen atoms in total. The molecule has 0 radical (unpaired) electrons. The summed E-state index contributed by atoms with van der Waals surface area (Å²) in [5.41, 5.74) is 0.707. The summed E-state index contributed by atoms with van der Waals surface area (Å²) in [6, 6.07) is 13.5. The van der Waals surface area contributed by atoms with Gasteiger partial charge in [0.1, 0.15) is 33.7 Å². The van der Waals surface area contributed by atoms with Gasteiger partial charge in [-0.05, 0) is 24.3 Å². The lowest BCUT2D eigenvalue weighted by Crippen LogP contribution is -2.20. The normalized spacial score (nSPS) is 14.1. The van der Waals surface area contributed by atoms with Gasteiger partial charge in [-0.2, -0.15) is 5.26 Å². The summed E-state index contributed by atoms with van der Waals surface area (Å²) in [4.78, 5) is 27.3. The molecule has 0 spiro atoms. The van der Waals surface area contributed by atoms with Crippen LogP contribution in [0.4, 0.5) is 5.69 Å². The summed E-state index contributed by atoms with van der Waals surface area (Å²) in [5.74, 6) is -1.43. The average molecular weight is 396 g/mol. The minimum atomic E-state index is -0.869. The summed E-state index contributed by atoms with van der Waals surface area (Å²) in [6.07, 6.45) is 0. The van der Waals surface area contributed by atoms with E-state index in [0.717, 1.165) is 10.6 Å². The highest BCUT2D eigenvalue weighted by Crippen LogP contribution is 2.46. The average Bonchev–Trinajstić information content (AvgIpc) is 3.03. The van der Waals surface area contributed by atoms with Gasteiger partial charge < -0.3 is 19.5 Å². The minimum Gasteiger partial charge on any atom is -0.507 e. The predicted octanol–water partition coefficient (Wildman–Crippen LogP) is 3.10. The van der Waals surface area contributed by atoms with Crippen molar-refractivity contribution < 1.29 is 24.2 Å². The van der Waals surface area contributed by atoms with Gasteiger partial charge in [0.25, 0.3) is 0 Å². The predicted molar refractivity (Wildman–Crippen MR) is 103 cm³/mol. The molecule has 0 atom stereocenters. The SMILES string of the molecule is COc1ccc(C(=O)OCC(=O)/C(C#N)=C2\Sc3ccccc3N2C)c(O)c1. The number of ketones is 1.